The first-order chi connectivity index (χ1) is 28.6. The van der Waals surface area contributed by atoms with Crippen molar-refractivity contribution in [3.63, 3.8) is 0 Å². The van der Waals surface area contributed by atoms with E-state index >= 15 is 0 Å². The highest BCUT2D eigenvalue weighted by atomic mass is 14.2. The SMILES string of the molecule is C=C/C=C(\C=C)c1ccc2c(-c3cccc(-c4ccc5ccccc5c4)c3)c3cc(-c4ccccc4)ccc3c(-c3cccc(-c4ccc5ccccc5c4)c3)c2c1. The minimum atomic E-state index is 1.03. The van der Waals surface area contributed by atoms with E-state index < -0.39 is 0 Å². The van der Waals surface area contributed by atoms with Crippen molar-refractivity contribution in [1.29, 1.82) is 0 Å². The van der Waals surface area contributed by atoms with Crippen molar-refractivity contribution in [3.05, 3.63) is 237 Å². The van der Waals surface area contributed by atoms with Crippen molar-refractivity contribution in [2.24, 2.45) is 0 Å². The molecule has 0 saturated heterocycles. The van der Waals surface area contributed by atoms with Crippen LogP contribution in [0.15, 0.2) is 232 Å². The van der Waals surface area contributed by atoms with Crippen LogP contribution in [-0.4, -0.2) is 0 Å². The van der Waals surface area contributed by atoms with Crippen molar-refractivity contribution in [2.75, 3.05) is 0 Å². The summed E-state index contributed by atoms with van der Waals surface area (Å²) in [5, 5.41) is 9.78. The molecule has 0 radical (unpaired) electrons. The molecule has 10 aromatic carbocycles. The minimum absolute atomic E-state index is 1.03. The van der Waals surface area contributed by atoms with Crippen LogP contribution in [0.2, 0.25) is 0 Å². The fourth-order valence-corrected chi connectivity index (χ4v) is 8.70. The van der Waals surface area contributed by atoms with Crippen LogP contribution in [-0.2, 0) is 0 Å². The van der Waals surface area contributed by atoms with Crippen molar-refractivity contribution in [2.45, 2.75) is 0 Å². The number of rotatable bonds is 8. The van der Waals surface area contributed by atoms with Gasteiger partial charge in [0.05, 0.1) is 0 Å². The highest BCUT2D eigenvalue weighted by Gasteiger charge is 2.20. The van der Waals surface area contributed by atoms with E-state index in [0.717, 1.165) is 11.1 Å². The van der Waals surface area contributed by atoms with Crippen LogP contribution >= 0.6 is 0 Å². The third-order valence-electron chi connectivity index (χ3n) is 11.5. The molecule has 10 aromatic rings. The topological polar surface area (TPSA) is 0 Å². The number of benzene rings is 10. The first-order valence-corrected chi connectivity index (χ1v) is 19.9. The zero-order valence-corrected chi connectivity index (χ0v) is 32.2. The lowest BCUT2D eigenvalue weighted by atomic mass is 9.83. The Kier molecular flexibility index (Phi) is 8.94. The summed E-state index contributed by atoms with van der Waals surface area (Å²) in [6, 6.07) is 73.5. The van der Waals surface area contributed by atoms with Crippen molar-refractivity contribution >= 4 is 48.7 Å². The van der Waals surface area contributed by atoms with E-state index in [0.29, 0.717) is 0 Å². The zero-order valence-electron chi connectivity index (χ0n) is 32.2. The smallest absolute Gasteiger partial charge is 0.00259 e. The van der Waals surface area contributed by atoms with E-state index in [1.165, 1.54) is 98.7 Å². The Morgan fingerprint density at radius 2 is 0.759 bits per heavy atom. The molecule has 0 atom stereocenters. The highest BCUT2D eigenvalue weighted by molar-refractivity contribution is 6.22. The van der Waals surface area contributed by atoms with Gasteiger partial charge >= 0.3 is 0 Å². The lowest BCUT2D eigenvalue weighted by Gasteiger charge is -2.20. The molecular weight excluding hydrogens is 697 g/mol. The Bertz CT molecular complexity index is 3250. The maximum absolute atomic E-state index is 4.18. The molecule has 0 saturated carbocycles. The van der Waals surface area contributed by atoms with Gasteiger partial charge in [-0.2, -0.15) is 0 Å². The Labute approximate surface area is 340 Å². The van der Waals surface area contributed by atoms with E-state index in [1.807, 2.05) is 18.2 Å². The second-order valence-corrected chi connectivity index (χ2v) is 15.0. The number of allylic oxidation sites excluding steroid dienone is 4. The second-order valence-electron chi connectivity index (χ2n) is 15.0. The summed E-state index contributed by atoms with van der Waals surface area (Å²) in [6.07, 6.45) is 5.80. The zero-order chi connectivity index (χ0) is 39.0. The largest absolute Gasteiger partial charge is 0.0990 e. The Morgan fingerprint density at radius 1 is 0.310 bits per heavy atom. The molecule has 0 spiro atoms. The van der Waals surface area contributed by atoms with Gasteiger partial charge in [0.15, 0.2) is 0 Å². The molecule has 0 heterocycles. The molecule has 0 fully saturated rings. The van der Waals surface area contributed by atoms with Gasteiger partial charge in [0.2, 0.25) is 0 Å². The molecular formula is C58H40. The van der Waals surface area contributed by atoms with Crippen LogP contribution in [0, 0.1) is 0 Å². The molecule has 0 aliphatic heterocycles. The summed E-state index contributed by atoms with van der Waals surface area (Å²) < 4.78 is 0. The molecule has 10 rings (SSSR count). The fraction of sp³-hybridized carbons (Fsp3) is 0. The standard InChI is InChI=1S/C58H40/c1-3-14-39(4-2)49-29-31-53-55(37-49)57(51-23-12-21-45(35-51)47-27-25-41-17-8-10-19-43(41)33-47)54-32-30-50(40-15-6-5-7-16-40)38-56(54)58(53)52-24-13-22-46(36-52)48-28-26-42-18-9-11-20-44(42)34-48/h3-38H,1-2H2/b39-14+. The molecule has 0 N–H and O–H groups in total. The van der Waals surface area contributed by atoms with Gasteiger partial charge in [-0.05, 0) is 146 Å². The average Bonchev–Trinajstić information content (AvgIpc) is 3.29. The summed E-state index contributed by atoms with van der Waals surface area (Å²) >= 11 is 0. The van der Waals surface area contributed by atoms with Crippen LogP contribution in [0.25, 0.3) is 104 Å². The maximum atomic E-state index is 4.18. The first-order valence-electron chi connectivity index (χ1n) is 19.9. The van der Waals surface area contributed by atoms with Gasteiger partial charge < -0.3 is 0 Å². The predicted molar refractivity (Wildman–Crippen MR) is 252 cm³/mol. The van der Waals surface area contributed by atoms with E-state index in [-0.39, 0.29) is 0 Å². The quantitative estimate of drug-likeness (QED) is 0.108. The third kappa shape index (κ3) is 6.32. The maximum Gasteiger partial charge on any atom is -0.00259 e. The Hall–Kier alpha value is -7.54. The van der Waals surface area contributed by atoms with Gasteiger partial charge in [-0.25, -0.2) is 0 Å². The van der Waals surface area contributed by atoms with E-state index in [9.17, 15) is 0 Å². The number of fused-ring (bicyclic) bond motifs is 4. The molecule has 0 aromatic heterocycles. The Balaban J connectivity index is 1.27. The summed E-state index contributed by atoms with van der Waals surface area (Å²) in [5.41, 5.74) is 14.1. The third-order valence-corrected chi connectivity index (χ3v) is 11.5. The van der Waals surface area contributed by atoms with E-state index in [1.54, 1.807) is 0 Å². The second kappa shape index (κ2) is 14.8. The van der Waals surface area contributed by atoms with Crippen molar-refractivity contribution in [3.8, 4) is 55.6 Å². The molecule has 0 nitrogen and oxygen atoms in total. The van der Waals surface area contributed by atoms with Crippen LogP contribution in [0.1, 0.15) is 5.56 Å². The molecule has 0 bridgehead atoms. The van der Waals surface area contributed by atoms with Gasteiger partial charge in [0.1, 0.15) is 0 Å². The molecule has 0 heteroatoms. The molecule has 0 aliphatic carbocycles. The highest BCUT2D eigenvalue weighted by Crippen LogP contribution is 2.47. The molecule has 0 amide bonds. The number of hydrogen-bond donors (Lipinski definition) is 0. The van der Waals surface area contributed by atoms with E-state index in [4.69, 9.17) is 0 Å². The summed E-state index contributed by atoms with van der Waals surface area (Å²) in [4.78, 5) is 0. The van der Waals surface area contributed by atoms with Gasteiger partial charge in [-0.3, -0.25) is 0 Å². The lowest BCUT2D eigenvalue weighted by molar-refractivity contribution is 1.60. The van der Waals surface area contributed by atoms with Crippen molar-refractivity contribution in [1.82, 2.24) is 0 Å². The van der Waals surface area contributed by atoms with Crippen LogP contribution in [0.3, 0.4) is 0 Å². The van der Waals surface area contributed by atoms with Crippen LogP contribution < -0.4 is 0 Å². The monoisotopic (exact) mass is 736 g/mol. The Morgan fingerprint density at radius 3 is 1.33 bits per heavy atom. The summed E-state index contributed by atoms with van der Waals surface area (Å²) in [6.45, 7) is 8.19. The number of hydrogen-bond acceptors (Lipinski definition) is 0. The van der Waals surface area contributed by atoms with Crippen LogP contribution in [0.5, 0.6) is 0 Å². The van der Waals surface area contributed by atoms with Gasteiger partial charge in [-0.15, -0.1) is 0 Å². The minimum Gasteiger partial charge on any atom is -0.0990 e. The average molecular weight is 737 g/mol. The molecule has 0 aliphatic rings. The van der Waals surface area contributed by atoms with Gasteiger partial charge in [-0.1, -0.05) is 195 Å². The normalized spacial score (nSPS) is 11.7. The van der Waals surface area contributed by atoms with Gasteiger partial charge in [0, 0.05) is 0 Å². The van der Waals surface area contributed by atoms with Crippen LogP contribution in [0.4, 0.5) is 0 Å². The fourth-order valence-electron chi connectivity index (χ4n) is 8.70. The van der Waals surface area contributed by atoms with E-state index in [2.05, 4.69) is 213 Å². The van der Waals surface area contributed by atoms with Crippen molar-refractivity contribution < 1.29 is 0 Å². The molecule has 58 heavy (non-hydrogen) atoms. The first kappa shape index (κ1) is 34.9. The summed E-state index contributed by atoms with van der Waals surface area (Å²) in [5.74, 6) is 0. The molecule has 272 valence electrons. The van der Waals surface area contributed by atoms with Gasteiger partial charge in [0.25, 0.3) is 0 Å². The summed E-state index contributed by atoms with van der Waals surface area (Å²) in [7, 11) is 0. The predicted octanol–water partition coefficient (Wildman–Crippen LogP) is 16.4. The lowest BCUT2D eigenvalue weighted by Crippen LogP contribution is -1.94. The molecule has 0 unspecified atom stereocenters.